The number of nitrogens with two attached hydrogens (primary N) is 1. The summed E-state index contributed by atoms with van der Waals surface area (Å²) in [5, 5.41) is 0.525. The predicted octanol–water partition coefficient (Wildman–Crippen LogP) is 1.90. The van der Waals surface area contributed by atoms with Crippen molar-refractivity contribution in [2.45, 2.75) is 19.8 Å². The largest absolute Gasteiger partial charge is 0.495 e. The van der Waals surface area contributed by atoms with Gasteiger partial charge in [-0.1, -0.05) is 18.5 Å². The van der Waals surface area contributed by atoms with Crippen LogP contribution in [-0.2, 0) is 9.59 Å². The van der Waals surface area contributed by atoms with Crippen molar-refractivity contribution >= 4 is 29.1 Å². The van der Waals surface area contributed by atoms with E-state index in [9.17, 15) is 9.59 Å². The second kappa shape index (κ2) is 6.84. The first-order valence-corrected chi connectivity index (χ1v) is 8.87. The van der Waals surface area contributed by atoms with Gasteiger partial charge >= 0.3 is 0 Å². The fourth-order valence-electron chi connectivity index (χ4n) is 3.62. The molecule has 0 aliphatic carbocycles. The number of hydrogen-bond acceptors (Lipinski definition) is 4. The van der Waals surface area contributed by atoms with Crippen LogP contribution < -0.4 is 15.4 Å². The van der Waals surface area contributed by atoms with E-state index in [1.165, 1.54) is 0 Å². The second-order valence-electron chi connectivity index (χ2n) is 7.25. The minimum absolute atomic E-state index is 0.0197. The van der Waals surface area contributed by atoms with Crippen molar-refractivity contribution in [3.63, 3.8) is 0 Å². The van der Waals surface area contributed by atoms with Gasteiger partial charge in [0.05, 0.1) is 18.7 Å². The maximum absolute atomic E-state index is 12.8. The minimum Gasteiger partial charge on any atom is -0.495 e. The van der Waals surface area contributed by atoms with E-state index in [-0.39, 0.29) is 29.6 Å². The Kier molecular flexibility index (Phi) is 4.93. The minimum atomic E-state index is -0.337. The van der Waals surface area contributed by atoms with Gasteiger partial charge in [0.15, 0.2) is 0 Å². The zero-order chi connectivity index (χ0) is 18.2. The molecule has 2 saturated heterocycles. The normalized spacial score (nSPS) is 26.4. The number of likely N-dealkylation sites (tertiary alicyclic amines) is 1. The molecule has 2 atom stereocenters. The molecular weight excluding hydrogens is 342 g/mol. The number of anilines is 1. The topological polar surface area (TPSA) is 75.9 Å². The Morgan fingerprint density at radius 3 is 2.88 bits per heavy atom. The van der Waals surface area contributed by atoms with Crippen molar-refractivity contribution in [3.8, 4) is 5.75 Å². The number of benzene rings is 1. The van der Waals surface area contributed by atoms with Crippen LogP contribution >= 0.6 is 11.6 Å². The Labute approximate surface area is 152 Å². The van der Waals surface area contributed by atoms with Gasteiger partial charge in [0.2, 0.25) is 11.8 Å². The highest BCUT2D eigenvalue weighted by atomic mass is 35.5. The first-order chi connectivity index (χ1) is 11.9. The van der Waals surface area contributed by atoms with E-state index in [4.69, 9.17) is 22.1 Å². The van der Waals surface area contributed by atoms with Crippen molar-refractivity contribution in [1.82, 2.24) is 4.90 Å². The lowest BCUT2D eigenvalue weighted by atomic mass is 9.90. The molecule has 136 valence electrons. The molecule has 0 saturated carbocycles. The van der Waals surface area contributed by atoms with Crippen LogP contribution in [-0.4, -0.2) is 50.0 Å². The molecule has 2 fully saturated rings. The highest BCUT2D eigenvalue weighted by Gasteiger charge is 2.42. The molecule has 2 aliphatic heterocycles. The number of rotatable bonds is 4. The average molecular weight is 366 g/mol. The number of nitrogens with zero attached hydrogens (tertiary/aromatic N) is 2. The Morgan fingerprint density at radius 2 is 2.24 bits per heavy atom. The average Bonchev–Trinajstić information content (AvgIpc) is 3.18. The molecule has 0 bridgehead atoms. The van der Waals surface area contributed by atoms with E-state index in [0.29, 0.717) is 42.6 Å². The van der Waals surface area contributed by atoms with Crippen molar-refractivity contribution < 1.29 is 14.3 Å². The maximum atomic E-state index is 12.8. The lowest BCUT2D eigenvalue weighted by Gasteiger charge is -2.24. The van der Waals surface area contributed by atoms with Gasteiger partial charge < -0.3 is 20.3 Å². The van der Waals surface area contributed by atoms with Gasteiger partial charge in [-0.15, -0.1) is 0 Å². The van der Waals surface area contributed by atoms with Crippen LogP contribution in [0.4, 0.5) is 5.69 Å². The van der Waals surface area contributed by atoms with Gasteiger partial charge in [-0.25, -0.2) is 0 Å². The highest BCUT2D eigenvalue weighted by molar-refractivity contribution is 6.31. The molecule has 0 radical (unpaired) electrons. The van der Waals surface area contributed by atoms with Crippen molar-refractivity contribution in [2.24, 2.45) is 17.1 Å². The molecule has 25 heavy (non-hydrogen) atoms. The summed E-state index contributed by atoms with van der Waals surface area (Å²) in [6.45, 7) is 4.38. The molecule has 1 aromatic rings. The van der Waals surface area contributed by atoms with Crippen LogP contribution in [0.2, 0.25) is 5.02 Å². The number of hydrogen-bond donors (Lipinski definition) is 1. The second-order valence-corrected chi connectivity index (χ2v) is 7.68. The summed E-state index contributed by atoms with van der Waals surface area (Å²) in [4.78, 5) is 28.8. The zero-order valence-corrected chi connectivity index (χ0v) is 15.4. The van der Waals surface area contributed by atoms with E-state index < -0.39 is 0 Å². The van der Waals surface area contributed by atoms with Gasteiger partial charge in [-0.3, -0.25) is 9.59 Å². The number of carbonyl (C=O) groups excluding carboxylic acids is 2. The van der Waals surface area contributed by atoms with Crippen LogP contribution in [0.25, 0.3) is 0 Å². The molecule has 1 aromatic carbocycles. The Balaban J connectivity index is 1.75. The fourth-order valence-corrected chi connectivity index (χ4v) is 3.78. The van der Waals surface area contributed by atoms with Crippen molar-refractivity contribution in [2.75, 3.05) is 38.2 Å². The van der Waals surface area contributed by atoms with Gasteiger partial charge in [0.25, 0.3) is 0 Å². The van der Waals surface area contributed by atoms with E-state index in [1.54, 1.807) is 30.2 Å². The summed E-state index contributed by atoms with van der Waals surface area (Å²) in [5.74, 6) is 0.188. The monoisotopic (exact) mass is 365 g/mol. The summed E-state index contributed by atoms with van der Waals surface area (Å²) >= 11 is 6.07. The molecule has 7 heteroatoms. The Hall–Kier alpha value is -1.79. The number of halogens is 1. The Morgan fingerprint density at radius 1 is 1.48 bits per heavy atom. The third-order valence-corrected chi connectivity index (χ3v) is 5.50. The van der Waals surface area contributed by atoms with Crippen LogP contribution in [0, 0.1) is 11.3 Å². The van der Waals surface area contributed by atoms with E-state index in [1.807, 2.05) is 4.90 Å². The molecule has 2 N–H and O–H groups in total. The molecule has 6 nitrogen and oxygen atoms in total. The number of methoxy groups -OCH3 is 1. The van der Waals surface area contributed by atoms with Gasteiger partial charge in [-0.05, 0) is 36.6 Å². The standard InChI is InChI=1S/C18H24ClN3O3/c1-18(10-20)5-6-21(11-18)17(24)12-7-16(23)22(9-12)14-8-13(19)3-4-15(14)25-2/h3-4,8,12H,5-7,9-11,20H2,1-2H3. The lowest BCUT2D eigenvalue weighted by Crippen LogP contribution is -2.38. The molecule has 2 heterocycles. The molecule has 2 unspecified atom stereocenters. The van der Waals surface area contributed by atoms with Crippen LogP contribution in [0.3, 0.4) is 0 Å². The quantitative estimate of drug-likeness (QED) is 0.884. The number of amides is 2. The summed E-state index contributed by atoms with van der Waals surface area (Å²) in [5.41, 5.74) is 6.42. The zero-order valence-electron chi connectivity index (χ0n) is 14.6. The molecule has 2 aliphatic rings. The van der Waals surface area contributed by atoms with Crippen molar-refractivity contribution in [3.05, 3.63) is 23.2 Å². The van der Waals surface area contributed by atoms with Gasteiger partial charge in [0, 0.05) is 31.1 Å². The highest BCUT2D eigenvalue weighted by Crippen LogP contribution is 2.36. The summed E-state index contributed by atoms with van der Waals surface area (Å²) in [6, 6.07) is 5.14. The van der Waals surface area contributed by atoms with Crippen molar-refractivity contribution in [1.29, 1.82) is 0 Å². The van der Waals surface area contributed by atoms with Crippen LogP contribution in [0.1, 0.15) is 19.8 Å². The third-order valence-electron chi connectivity index (χ3n) is 5.27. The molecular formula is C18H24ClN3O3. The number of carbonyl (C=O) groups is 2. The number of ether oxygens (including phenoxy) is 1. The first-order valence-electron chi connectivity index (χ1n) is 8.49. The third kappa shape index (κ3) is 3.46. The maximum Gasteiger partial charge on any atom is 0.228 e. The smallest absolute Gasteiger partial charge is 0.228 e. The van der Waals surface area contributed by atoms with E-state index in [2.05, 4.69) is 6.92 Å². The SMILES string of the molecule is COc1ccc(Cl)cc1N1CC(C(=O)N2CCC(C)(CN)C2)CC1=O. The Bertz CT molecular complexity index is 696. The van der Waals surface area contributed by atoms with E-state index >= 15 is 0 Å². The summed E-state index contributed by atoms with van der Waals surface area (Å²) < 4.78 is 5.34. The van der Waals surface area contributed by atoms with Gasteiger partial charge in [-0.2, -0.15) is 0 Å². The first kappa shape index (κ1) is 18.0. The lowest BCUT2D eigenvalue weighted by molar-refractivity contribution is -0.135. The van der Waals surface area contributed by atoms with E-state index in [0.717, 1.165) is 6.42 Å². The fraction of sp³-hybridized carbons (Fsp3) is 0.556. The molecule has 2 amide bonds. The summed E-state index contributed by atoms with van der Waals surface area (Å²) in [7, 11) is 1.55. The van der Waals surface area contributed by atoms with Gasteiger partial charge in [0.1, 0.15) is 5.75 Å². The molecule has 0 aromatic heterocycles. The molecule has 3 rings (SSSR count). The van der Waals surface area contributed by atoms with Crippen LogP contribution in [0.5, 0.6) is 5.75 Å². The molecule has 0 spiro atoms. The predicted molar refractivity (Wildman–Crippen MR) is 96.8 cm³/mol. The summed E-state index contributed by atoms with van der Waals surface area (Å²) in [6.07, 6.45) is 1.12. The van der Waals surface area contributed by atoms with Crippen LogP contribution in [0.15, 0.2) is 18.2 Å².